The van der Waals surface area contributed by atoms with Crippen molar-refractivity contribution in [3.05, 3.63) is 95.7 Å². The first-order valence-corrected chi connectivity index (χ1v) is 16.8. The SMILES string of the molecule is CCC(CC)(Cc1c(SC(C)(C)C)c2cc(OCc3ccc(C)cn3)ccc2n1Cc1ccc(-c2ncc(OC)cn2)cc1)C(=O)O. The molecule has 0 amide bonds. The zero-order valence-electron chi connectivity index (χ0n) is 28.3. The fraction of sp³-hybridized carbons (Fsp3) is 0.368. The van der Waals surface area contributed by atoms with Crippen molar-refractivity contribution in [2.75, 3.05) is 7.11 Å². The number of thioether (sulfide) groups is 1. The van der Waals surface area contributed by atoms with Crippen molar-refractivity contribution in [1.82, 2.24) is 19.5 Å². The van der Waals surface area contributed by atoms with Gasteiger partial charge in [-0.25, -0.2) is 9.97 Å². The first kappa shape index (κ1) is 34.0. The number of aliphatic carboxylic acids is 1. The van der Waals surface area contributed by atoms with Crippen molar-refractivity contribution in [3.8, 4) is 22.9 Å². The molecule has 5 aromatic rings. The van der Waals surface area contributed by atoms with E-state index in [2.05, 4.69) is 64.6 Å². The zero-order valence-corrected chi connectivity index (χ0v) is 29.1. The first-order valence-electron chi connectivity index (χ1n) is 16.0. The van der Waals surface area contributed by atoms with Crippen LogP contribution >= 0.6 is 11.8 Å². The molecule has 0 aliphatic rings. The summed E-state index contributed by atoms with van der Waals surface area (Å²) in [4.78, 5) is 27.3. The molecule has 0 radical (unpaired) electrons. The van der Waals surface area contributed by atoms with Gasteiger partial charge < -0.3 is 19.1 Å². The van der Waals surface area contributed by atoms with E-state index in [1.807, 2.05) is 57.3 Å². The quantitative estimate of drug-likeness (QED) is 0.126. The average Bonchev–Trinajstić information content (AvgIpc) is 3.32. The van der Waals surface area contributed by atoms with Crippen LogP contribution in [0.25, 0.3) is 22.3 Å². The third-order valence-corrected chi connectivity index (χ3v) is 9.86. The lowest BCUT2D eigenvalue weighted by Crippen LogP contribution is -2.33. The van der Waals surface area contributed by atoms with E-state index in [1.54, 1.807) is 31.3 Å². The molecule has 0 saturated heterocycles. The van der Waals surface area contributed by atoms with E-state index in [0.717, 1.165) is 49.6 Å². The third-order valence-electron chi connectivity index (χ3n) is 8.59. The Kier molecular flexibility index (Phi) is 10.2. The predicted octanol–water partition coefficient (Wildman–Crippen LogP) is 8.76. The number of benzene rings is 2. The molecule has 0 unspecified atom stereocenters. The molecule has 0 aliphatic carbocycles. The summed E-state index contributed by atoms with van der Waals surface area (Å²) < 4.78 is 13.6. The van der Waals surface area contributed by atoms with Crippen molar-refractivity contribution in [2.45, 2.75) is 83.6 Å². The Morgan fingerprint density at radius 1 is 0.915 bits per heavy atom. The van der Waals surface area contributed by atoms with Gasteiger partial charge in [-0.15, -0.1) is 11.8 Å². The first-order chi connectivity index (χ1) is 22.4. The largest absolute Gasteiger partial charge is 0.494 e. The highest BCUT2D eigenvalue weighted by molar-refractivity contribution is 8.00. The fourth-order valence-electron chi connectivity index (χ4n) is 5.67. The van der Waals surface area contributed by atoms with Crippen molar-refractivity contribution in [1.29, 1.82) is 0 Å². The van der Waals surface area contributed by atoms with Crippen LogP contribution in [0.3, 0.4) is 0 Å². The van der Waals surface area contributed by atoms with E-state index in [0.29, 0.717) is 44.0 Å². The molecule has 246 valence electrons. The molecule has 47 heavy (non-hydrogen) atoms. The number of fused-ring (bicyclic) bond motifs is 1. The average molecular weight is 653 g/mol. The van der Waals surface area contributed by atoms with Gasteiger partial charge in [-0.2, -0.15) is 0 Å². The molecule has 0 bridgehead atoms. The summed E-state index contributed by atoms with van der Waals surface area (Å²) in [6.07, 6.45) is 6.66. The summed E-state index contributed by atoms with van der Waals surface area (Å²) in [7, 11) is 1.59. The molecule has 0 atom stereocenters. The third kappa shape index (κ3) is 7.79. The van der Waals surface area contributed by atoms with Gasteiger partial charge in [0.1, 0.15) is 12.4 Å². The van der Waals surface area contributed by atoms with Crippen LogP contribution in [0.5, 0.6) is 11.5 Å². The van der Waals surface area contributed by atoms with Gasteiger partial charge in [-0.05, 0) is 55.2 Å². The van der Waals surface area contributed by atoms with E-state index in [1.165, 1.54) is 0 Å². The second kappa shape index (κ2) is 14.2. The Balaban J connectivity index is 1.60. The predicted molar refractivity (Wildman–Crippen MR) is 188 cm³/mol. The lowest BCUT2D eigenvalue weighted by atomic mass is 9.78. The maximum atomic E-state index is 12.8. The smallest absolute Gasteiger partial charge is 0.310 e. The van der Waals surface area contributed by atoms with Crippen LogP contribution < -0.4 is 9.47 Å². The van der Waals surface area contributed by atoms with E-state index < -0.39 is 11.4 Å². The number of carbonyl (C=O) groups is 1. The van der Waals surface area contributed by atoms with Crippen LogP contribution in [0, 0.1) is 12.3 Å². The Bertz CT molecular complexity index is 1820. The minimum atomic E-state index is -0.884. The van der Waals surface area contributed by atoms with E-state index >= 15 is 0 Å². The minimum absolute atomic E-state index is 0.110. The van der Waals surface area contributed by atoms with Gasteiger partial charge in [0.25, 0.3) is 0 Å². The summed E-state index contributed by atoms with van der Waals surface area (Å²) in [5, 5.41) is 11.6. The van der Waals surface area contributed by atoms with Crippen molar-refractivity contribution in [2.24, 2.45) is 5.41 Å². The highest BCUT2D eigenvalue weighted by atomic mass is 32.2. The number of nitrogens with zero attached hydrogens (tertiary/aromatic N) is 4. The molecule has 0 spiro atoms. The number of hydrogen-bond donors (Lipinski definition) is 1. The fourth-order valence-corrected chi connectivity index (χ4v) is 6.86. The molecule has 5 rings (SSSR count). The monoisotopic (exact) mass is 652 g/mol. The summed E-state index contributed by atoms with van der Waals surface area (Å²) in [5.41, 5.74) is 5.16. The van der Waals surface area contributed by atoms with Crippen molar-refractivity contribution >= 4 is 28.6 Å². The van der Waals surface area contributed by atoms with Crippen LogP contribution in [0.4, 0.5) is 0 Å². The highest BCUT2D eigenvalue weighted by Crippen LogP contribution is 2.45. The van der Waals surface area contributed by atoms with Crippen LogP contribution in [0.1, 0.15) is 70.0 Å². The van der Waals surface area contributed by atoms with Gasteiger partial charge in [-0.3, -0.25) is 9.78 Å². The van der Waals surface area contributed by atoms with E-state index in [4.69, 9.17) is 9.47 Å². The number of rotatable bonds is 13. The van der Waals surface area contributed by atoms with Gasteiger partial charge in [0, 0.05) is 51.0 Å². The van der Waals surface area contributed by atoms with Gasteiger partial charge in [-0.1, -0.05) is 65.0 Å². The Morgan fingerprint density at radius 2 is 1.62 bits per heavy atom. The number of ether oxygens (including phenoxy) is 2. The summed E-state index contributed by atoms with van der Waals surface area (Å²) in [6.45, 7) is 13.5. The van der Waals surface area contributed by atoms with Crippen LogP contribution in [-0.4, -0.2) is 42.5 Å². The second-order valence-corrected chi connectivity index (χ2v) is 14.8. The van der Waals surface area contributed by atoms with Gasteiger partial charge in [0.15, 0.2) is 11.6 Å². The molecule has 3 aromatic heterocycles. The summed E-state index contributed by atoms with van der Waals surface area (Å²) in [5.74, 6) is 1.22. The molecule has 1 N–H and O–H groups in total. The minimum Gasteiger partial charge on any atom is -0.494 e. The molecule has 2 aromatic carbocycles. The van der Waals surface area contributed by atoms with E-state index in [9.17, 15) is 9.90 Å². The van der Waals surface area contributed by atoms with Gasteiger partial charge in [0.2, 0.25) is 0 Å². The number of aromatic nitrogens is 4. The Labute approximate surface area is 281 Å². The number of hydrogen-bond acceptors (Lipinski definition) is 7. The number of aryl methyl sites for hydroxylation is 1. The van der Waals surface area contributed by atoms with Crippen LogP contribution in [0.2, 0.25) is 0 Å². The lowest BCUT2D eigenvalue weighted by Gasteiger charge is -2.29. The molecule has 3 heterocycles. The zero-order chi connectivity index (χ0) is 33.8. The number of carboxylic acids is 1. The highest BCUT2D eigenvalue weighted by Gasteiger charge is 2.38. The molecule has 8 nitrogen and oxygen atoms in total. The summed E-state index contributed by atoms with van der Waals surface area (Å²) in [6, 6.07) is 18.4. The second-order valence-electron chi connectivity index (χ2n) is 13.0. The van der Waals surface area contributed by atoms with Gasteiger partial charge >= 0.3 is 5.97 Å². The molecule has 0 aliphatic heterocycles. The lowest BCUT2D eigenvalue weighted by molar-refractivity contribution is -0.149. The summed E-state index contributed by atoms with van der Waals surface area (Å²) >= 11 is 1.78. The molecular weight excluding hydrogens is 609 g/mol. The van der Waals surface area contributed by atoms with Gasteiger partial charge in [0.05, 0.1) is 30.6 Å². The molecular formula is C38H44N4O4S. The number of methoxy groups -OCH3 is 1. The topological polar surface area (TPSA) is 99.4 Å². The normalized spacial score (nSPS) is 12.0. The Morgan fingerprint density at radius 3 is 2.19 bits per heavy atom. The van der Waals surface area contributed by atoms with Crippen LogP contribution in [0.15, 0.2) is 78.1 Å². The Hall–Kier alpha value is -4.37. The van der Waals surface area contributed by atoms with E-state index in [-0.39, 0.29) is 4.75 Å². The maximum absolute atomic E-state index is 12.8. The molecule has 0 saturated carbocycles. The maximum Gasteiger partial charge on any atom is 0.310 e. The number of carboxylic acid groups (broad SMARTS) is 1. The molecule has 9 heteroatoms. The van der Waals surface area contributed by atoms with Crippen LogP contribution in [-0.2, 0) is 24.4 Å². The molecule has 0 fully saturated rings. The number of pyridine rings is 1. The standard InChI is InChI=1S/C38H44N4O4S/c1-8-38(9-2,36(43)44)19-33-34(47-37(4,5)6)31-18-29(46-24-28-15-10-25(3)20-39-28)16-17-32(31)42(33)23-26-11-13-27(14-12-26)35-40-21-30(45-7)22-41-35/h10-18,20-22H,8-9,19,23-24H2,1-7H3,(H,43,44). The van der Waals surface area contributed by atoms with Crippen molar-refractivity contribution in [3.63, 3.8) is 0 Å². The van der Waals surface area contributed by atoms with Crippen molar-refractivity contribution < 1.29 is 19.4 Å².